The van der Waals surface area contributed by atoms with Crippen molar-refractivity contribution in [2.45, 2.75) is 41.1 Å². The summed E-state index contributed by atoms with van der Waals surface area (Å²) >= 11 is -2.07. The minimum absolute atomic E-state index is 0.114. The Morgan fingerprint density at radius 3 is 3.05 bits per heavy atom. The molecule has 0 radical (unpaired) electrons. The van der Waals surface area contributed by atoms with Gasteiger partial charge in [0.1, 0.15) is 0 Å². The Hall–Kier alpha value is 0.320. The number of rotatable bonds is 4. The number of halogens is 2. The molecule has 3 N–H and O–H groups in total. The van der Waals surface area contributed by atoms with E-state index in [1.165, 1.54) is 0 Å². The predicted octanol–water partition coefficient (Wildman–Crippen LogP) is 2.27. The Balaban J connectivity index is 2.16. The molecule has 0 spiro atoms. The van der Waals surface area contributed by atoms with E-state index in [9.17, 15) is 5.11 Å². The van der Waals surface area contributed by atoms with Crippen molar-refractivity contribution in [3.05, 3.63) is 0 Å². The van der Waals surface area contributed by atoms with Gasteiger partial charge in [0.25, 0.3) is 0 Å². The van der Waals surface area contributed by atoms with Crippen molar-refractivity contribution in [2.75, 3.05) is 4.93 Å². The van der Waals surface area contributed by atoms with Crippen LogP contribution in [-0.2, 0) is 0 Å². The number of fused-ring (bicyclic) bond motifs is 2. The van der Waals surface area contributed by atoms with Crippen molar-refractivity contribution in [1.82, 2.24) is 3.11 Å². The Kier molecular flexibility index (Phi) is 5.66. The van der Waals surface area contributed by atoms with Crippen LogP contribution >= 0.6 is 41.1 Å². The normalized spacial score (nSPS) is 32.2. The fourth-order valence-electron chi connectivity index (χ4n) is 1.85. The Morgan fingerprint density at radius 1 is 1.63 bits per heavy atom. The van der Waals surface area contributed by atoms with Gasteiger partial charge in [-0.1, -0.05) is 0 Å². The van der Waals surface area contributed by atoms with Gasteiger partial charge in [-0.25, -0.2) is 0 Å². The van der Waals surface area contributed by atoms with Crippen LogP contribution in [0.25, 0.3) is 0 Å². The fraction of sp³-hybridized carbons (Fsp3) is 0.818. The molecule has 0 amide bonds. The van der Waals surface area contributed by atoms with Crippen LogP contribution in [0.5, 0.6) is 0 Å². The first-order valence-electron chi connectivity index (χ1n) is 6.27. The molecule has 0 aromatic carbocycles. The van der Waals surface area contributed by atoms with Crippen LogP contribution < -0.4 is 5.73 Å². The molecule has 2 aliphatic rings. The molecule has 2 unspecified atom stereocenters. The summed E-state index contributed by atoms with van der Waals surface area (Å²) < 4.78 is 7.08. The van der Waals surface area contributed by atoms with Gasteiger partial charge in [0.15, 0.2) is 0 Å². The number of aliphatic imine (C=N–C) groups is 2. The number of nitrogens with zero attached hydrogens (tertiary/aromatic N) is 4. The molecule has 19 heavy (non-hydrogen) atoms. The number of nitrogens with two attached hydrogens (primary N) is 1. The number of hydrogen-bond acceptors (Lipinski definition) is 6. The number of aliphatic hydroxyl groups is 1. The average molecular weight is 493 g/mol. The van der Waals surface area contributed by atoms with E-state index in [-0.39, 0.29) is 8.22 Å². The zero-order chi connectivity index (χ0) is 14.0. The van der Waals surface area contributed by atoms with E-state index in [0.29, 0.717) is 11.8 Å². The third kappa shape index (κ3) is 3.50. The molecule has 2 aliphatic heterocycles. The third-order valence-corrected chi connectivity index (χ3v) is 13.4. The first-order chi connectivity index (χ1) is 9.04. The van der Waals surface area contributed by atoms with Crippen molar-refractivity contribution in [3.63, 3.8) is 0 Å². The van der Waals surface area contributed by atoms with Crippen LogP contribution in [0, 0.1) is 5.92 Å². The summed E-state index contributed by atoms with van der Waals surface area (Å²) in [6.07, 6.45) is 3.01. The number of amidine groups is 1. The topological polar surface area (TPSA) is 86.6 Å². The van der Waals surface area contributed by atoms with E-state index in [0.717, 1.165) is 12.8 Å². The Morgan fingerprint density at radius 2 is 2.37 bits per heavy atom. The average Bonchev–Trinajstić information content (AvgIpc) is 2.48. The van der Waals surface area contributed by atoms with E-state index in [1.54, 1.807) is 6.34 Å². The van der Waals surface area contributed by atoms with Gasteiger partial charge < -0.3 is 0 Å². The fourth-order valence-corrected chi connectivity index (χ4v) is 13.2. The Bertz CT molecular complexity index is 414. The summed E-state index contributed by atoms with van der Waals surface area (Å²) in [6.45, 7) is 4.32. The molecule has 2 rings (SSSR count). The second-order valence-electron chi connectivity index (χ2n) is 4.77. The molecule has 0 saturated heterocycles. The molecule has 0 aromatic rings. The summed E-state index contributed by atoms with van der Waals surface area (Å²) in [7, 11) is 0. The zero-order valence-electron chi connectivity index (χ0n) is 11.4. The van der Waals surface area contributed by atoms with Gasteiger partial charge in [-0.15, -0.1) is 0 Å². The molecule has 0 aliphatic carbocycles. The molecule has 4 atom stereocenters. The van der Waals surface area contributed by atoms with Gasteiger partial charge in [-0.3, -0.25) is 0 Å². The van der Waals surface area contributed by atoms with Crippen LogP contribution in [0.1, 0.15) is 26.7 Å². The second kappa shape index (κ2) is 6.85. The molecule has 0 fully saturated rings. The summed E-state index contributed by atoms with van der Waals surface area (Å²) in [5.74, 6) is 1.14. The van der Waals surface area contributed by atoms with E-state index in [4.69, 9.17) is 8.88 Å². The Labute approximate surface area is 131 Å². The third-order valence-electron chi connectivity index (χ3n) is 3.29. The summed E-state index contributed by atoms with van der Waals surface area (Å²) in [4.78, 5) is 10.9. The van der Waals surface area contributed by atoms with Gasteiger partial charge >= 0.3 is 132 Å². The van der Waals surface area contributed by atoms with Gasteiger partial charge in [0.05, 0.1) is 0 Å². The summed E-state index contributed by atoms with van der Waals surface area (Å²) in [5, 5.41) is 10.4. The first kappa shape index (κ1) is 15.7. The van der Waals surface area contributed by atoms with Gasteiger partial charge in [0.2, 0.25) is 0 Å². The predicted molar refractivity (Wildman–Crippen MR) is 96.0 cm³/mol. The number of alkyl halides is 3. The van der Waals surface area contributed by atoms with E-state index in [1.807, 2.05) is 0 Å². The SMILES string of the molecule is CC[C@@H](C)C[C@@H](O)N1I=NC2C(N)=NC=NC1I2C. The van der Waals surface area contributed by atoms with Crippen LogP contribution in [0.4, 0.5) is 0 Å². The molecule has 110 valence electrons. The standard InChI is InChI=1S/C11H21I2N5O/c1-4-7(2)5-8(19)18-11-13(3)9(17-12-18)10(14)15-6-16-11/h6-9,11,19H,4-5H2,1-3H3,(H2,14,15,16)/t7-,8-,9?,11?/m1/s1. The van der Waals surface area contributed by atoms with E-state index in [2.05, 4.69) is 31.9 Å². The van der Waals surface area contributed by atoms with Crippen molar-refractivity contribution in [1.29, 1.82) is 0 Å². The van der Waals surface area contributed by atoms with Gasteiger partial charge in [0, 0.05) is 0 Å². The first-order valence-corrected chi connectivity index (χ1v) is 12.8. The van der Waals surface area contributed by atoms with Crippen LogP contribution in [0.15, 0.2) is 13.1 Å². The zero-order valence-corrected chi connectivity index (χ0v) is 15.7. The maximum atomic E-state index is 10.4. The summed E-state index contributed by atoms with van der Waals surface area (Å²) in [6, 6.07) is 0. The number of hydrogen-bond donors (Lipinski definition) is 2. The number of aliphatic hydroxyl groups excluding tert-OH is 1. The summed E-state index contributed by atoms with van der Waals surface area (Å²) in [5.41, 5.74) is 5.94. The van der Waals surface area contributed by atoms with E-state index < -0.39 is 47.4 Å². The molecule has 2 bridgehead atoms. The van der Waals surface area contributed by atoms with Gasteiger partial charge in [-0.2, -0.15) is 0 Å². The second-order valence-corrected chi connectivity index (χ2v) is 12.4. The minimum atomic E-state index is -1.50. The van der Waals surface area contributed by atoms with Crippen molar-refractivity contribution in [3.8, 4) is 0 Å². The molecule has 0 aromatic heterocycles. The van der Waals surface area contributed by atoms with Crippen molar-refractivity contribution < 1.29 is 5.11 Å². The van der Waals surface area contributed by atoms with E-state index >= 15 is 0 Å². The van der Waals surface area contributed by atoms with Crippen LogP contribution in [-0.4, -0.2) is 39.8 Å². The molecular formula is C11H21I2N5O. The molecule has 8 heteroatoms. The maximum absolute atomic E-state index is 10.4. The van der Waals surface area contributed by atoms with Crippen LogP contribution in [0.2, 0.25) is 0 Å². The molecule has 6 nitrogen and oxygen atoms in total. The van der Waals surface area contributed by atoms with Crippen molar-refractivity contribution >= 4 is 53.3 Å². The van der Waals surface area contributed by atoms with Gasteiger partial charge in [-0.05, 0) is 0 Å². The quantitative estimate of drug-likeness (QED) is 0.273. The monoisotopic (exact) mass is 493 g/mol. The van der Waals surface area contributed by atoms with Crippen molar-refractivity contribution in [2.24, 2.45) is 24.8 Å². The molecule has 2 heterocycles. The van der Waals surface area contributed by atoms with Crippen LogP contribution in [0.3, 0.4) is 0 Å². The molecule has 0 saturated carbocycles. The molecular weight excluding hydrogens is 472 g/mol.